The molecule has 2 N–H and O–H groups in total. The van der Waals surface area contributed by atoms with Gasteiger partial charge in [-0.05, 0) is 30.2 Å². The van der Waals surface area contributed by atoms with Gasteiger partial charge in [-0.15, -0.1) is 0 Å². The molecule has 1 saturated heterocycles. The summed E-state index contributed by atoms with van der Waals surface area (Å²) in [7, 11) is 0. The van der Waals surface area contributed by atoms with E-state index in [1.54, 1.807) is 0 Å². The summed E-state index contributed by atoms with van der Waals surface area (Å²) in [5.41, 5.74) is 1.79. The van der Waals surface area contributed by atoms with E-state index in [1.165, 1.54) is 0 Å². The summed E-state index contributed by atoms with van der Waals surface area (Å²) in [5.74, 6) is -1.24. The predicted molar refractivity (Wildman–Crippen MR) is 70.9 cm³/mol. The number of halogens is 1. The molecule has 4 nitrogen and oxygen atoms in total. The molecule has 0 radical (unpaired) electrons. The van der Waals surface area contributed by atoms with Gasteiger partial charge >= 0.3 is 5.97 Å². The highest BCUT2D eigenvalue weighted by Crippen LogP contribution is 2.42. The van der Waals surface area contributed by atoms with E-state index in [2.05, 4.69) is 21.2 Å². The maximum atomic E-state index is 11.6. The number of fused-ring (bicyclic) bond motifs is 2. The highest BCUT2D eigenvalue weighted by atomic mass is 79.9. The molecule has 0 aliphatic carbocycles. The van der Waals surface area contributed by atoms with Crippen LogP contribution in [0, 0.1) is 5.92 Å². The van der Waals surface area contributed by atoms with Crippen LogP contribution in [0.1, 0.15) is 17.9 Å². The lowest BCUT2D eigenvalue weighted by Gasteiger charge is -2.41. The molecular formula is C13H14BrNO3. The molecular weight excluding hydrogens is 298 g/mol. The fraction of sp³-hybridized carbons (Fsp3) is 0.462. The largest absolute Gasteiger partial charge is 0.481 e. The lowest BCUT2D eigenvalue weighted by atomic mass is 9.76. The van der Waals surface area contributed by atoms with Crippen LogP contribution in [0.2, 0.25) is 0 Å². The summed E-state index contributed by atoms with van der Waals surface area (Å²) in [6.45, 7) is 1.22. The van der Waals surface area contributed by atoms with Crippen LogP contribution in [0.3, 0.4) is 0 Å². The van der Waals surface area contributed by atoms with E-state index in [-0.39, 0.29) is 12.0 Å². The van der Waals surface area contributed by atoms with E-state index in [9.17, 15) is 9.90 Å². The fourth-order valence-corrected chi connectivity index (χ4v) is 3.32. The first-order valence-corrected chi connectivity index (χ1v) is 6.82. The van der Waals surface area contributed by atoms with E-state index in [4.69, 9.17) is 4.74 Å². The monoisotopic (exact) mass is 311 g/mol. The second-order valence-corrected chi connectivity index (χ2v) is 5.74. The summed E-state index contributed by atoms with van der Waals surface area (Å²) >= 11 is 3.40. The lowest BCUT2D eigenvalue weighted by molar-refractivity contribution is -0.142. The Labute approximate surface area is 113 Å². The molecule has 0 saturated carbocycles. The van der Waals surface area contributed by atoms with Gasteiger partial charge in [0.05, 0.1) is 12.5 Å². The van der Waals surface area contributed by atoms with Crippen molar-refractivity contribution in [2.24, 2.45) is 5.92 Å². The zero-order valence-corrected chi connectivity index (χ0v) is 11.3. The van der Waals surface area contributed by atoms with E-state index in [0.29, 0.717) is 13.2 Å². The molecule has 0 spiro atoms. The molecule has 1 fully saturated rings. The summed E-state index contributed by atoms with van der Waals surface area (Å²) in [4.78, 5) is 11.6. The van der Waals surface area contributed by atoms with Gasteiger partial charge in [0.2, 0.25) is 0 Å². The van der Waals surface area contributed by atoms with Crippen molar-refractivity contribution in [3.8, 4) is 0 Å². The molecule has 0 bridgehead atoms. The van der Waals surface area contributed by atoms with Gasteiger partial charge in [-0.3, -0.25) is 4.79 Å². The quantitative estimate of drug-likeness (QED) is 0.836. The number of hydrogen-bond acceptors (Lipinski definition) is 3. The minimum absolute atomic E-state index is 0.0121. The molecule has 1 aromatic carbocycles. The number of carbonyl (C=O) groups is 1. The Morgan fingerprint density at radius 3 is 3.11 bits per heavy atom. The fourth-order valence-electron chi connectivity index (χ4n) is 2.94. The molecule has 3 atom stereocenters. The number of anilines is 1. The van der Waals surface area contributed by atoms with E-state index in [0.717, 1.165) is 22.1 Å². The first-order valence-electron chi connectivity index (χ1n) is 6.03. The third kappa shape index (κ3) is 1.91. The van der Waals surface area contributed by atoms with Crippen LogP contribution in [0.4, 0.5) is 5.69 Å². The van der Waals surface area contributed by atoms with Crippen molar-refractivity contribution in [3.63, 3.8) is 0 Å². The highest BCUT2D eigenvalue weighted by molar-refractivity contribution is 9.10. The Bertz CT molecular complexity index is 491. The molecule has 2 aliphatic rings. The Hall–Kier alpha value is -1.07. The lowest BCUT2D eigenvalue weighted by Crippen LogP contribution is -2.46. The molecule has 18 heavy (non-hydrogen) atoms. The standard InChI is InChI=1S/C13H14BrNO3/c14-7-1-2-10-8(5-7)12(13(16)17)9-6-18-4-3-11(9)15-10/h1-2,5,9,11-12,15H,3-4,6H2,(H,16,17). The Morgan fingerprint density at radius 1 is 1.50 bits per heavy atom. The first kappa shape index (κ1) is 12.0. The normalized spacial score (nSPS) is 29.9. The molecule has 0 amide bonds. The van der Waals surface area contributed by atoms with Gasteiger partial charge in [-0.1, -0.05) is 15.9 Å². The van der Waals surface area contributed by atoms with E-state index >= 15 is 0 Å². The van der Waals surface area contributed by atoms with Crippen molar-refractivity contribution in [2.75, 3.05) is 18.5 Å². The van der Waals surface area contributed by atoms with Crippen LogP contribution in [0.5, 0.6) is 0 Å². The highest BCUT2D eigenvalue weighted by Gasteiger charge is 2.42. The number of nitrogens with one attached hydrogen (secondary N) is 1. The molecule has 0 aromatic heterocycles. The number of benzene rings is 1. The minimum atomic E-state index is -0.767. The Morgan fingerprint density at radius 2 is 2.33 bits per heavy atom. The first-order chi connectivity index (χ1) is 8.66. The van der Waals surface area contributed by atoms with Crippen LogP contribution < -0.4 is 5.32 Å². The zero-order valence-electron chi connectivity index (χ0n) is 9.73. The minimum Gasteiger partial charge on any atom is -0.481 e. The Kier molecular flexibility index (Phi) is 3.03. The number of carboxylic acids is 1. The molecule has 5 heteroatoms. The van der Waals surface area contributed by atoms with Crippen molar-refractivity contribution in [3.05, 3.63) is 28.2 Å². The van der Waals surface area contributed by atoms with Gasteiger partial charge < -0.3 is 15.2 Å². The van der Waals surface area contributed by atoms with Gasteiger partial charge in [0.1, 0.15) is 0 Å². The molecule has 96 valence electrons. The van der Waals surface area contributed by atoms with Gasteiger partial charge in [0.25, 0.3) is 0 Å². The maximum Gasteiger partial charge on any atom is 0.311 e. The zero-order chi connectivity index (χ0) is 12.7. The van der Waals surface area contributed by atoms with Crippen LogP contribution in [0.25, 0.3) is 0 Å². The van der Waals surface area contributed by atoms with Crippen LogP contribution in [0.15, 0.2) is 22.7 Å². The summed E-state index contributed by atoms with van der Waals surface area (Å²) in [6.07, 6.45) is 0.865. The van der Waals surface area contributed by atoms with Gasteiger partial charge in [0.15, 0.2) is 0 Å². The molecule has 3 rings (SSSR count). The van der Waals surface area contributed by atoms with E-state index in [1.807, 2.05) is 18.2 Å². The van der Waals surface area contributed by atoms with Gasteiger partial charge in [-0.2, -0.15) is 0 Å². The van der Waals surface area contributed by atoms with Crippen LogP contribution >= 0.6 is 15.9 Å². The number of aliphatic carboxylic acids is 1. The van der Waals surface area contributed by atoms with Crippen molar-refractivity contribution in [1.29, 1.82) is 0 Å². The average molecular weight is 312 g/mol. The smallest absolute Gasteiger partial charge is 0.311 e. The SMILES string of the molecule is O=C(O)C1c2cc(Br)ccc2NC2CCOCC21. The maximum absolute atomic E-state index is 11.6. The number of hydrogen-bond donors (Lipinski definition) is 2. The van der Waals surface area contributed by atoms with Crippen molar-refractivity contribution < 1.29 is 14.6 Å². The number of rotatable bonds is 1. The molecule has 1 aromatic rings. The molecule has 2 aliphatic heterocycles. The summed E-state index contributed by atoms with van der Waals surface area (Å²) in [6, 6.07) is 5.98. The van der Waals surface area contributed by atoms with Gasteiger partial charge in [0, 0.05) is 28.7 Å². The molecule has 3 unspecified atom stereocenters. The van der Waals surface area contributed by atoms with E-state index < -0.39 is 11.9 Å². The topological polar surface area (TPSA) is 58.6 Å². The van der Waals surface area contributed by atoms with Crippen molar-refractivity contribution in [2.45, 2.75) is 18.4 Å². The van der Waals surface area contributed by atoms with Crippen molar-refractivity contribution in [1.82, 2.24) is 0 Å². The second kappa shape index (κ2) is 4.55. The average Bonchev–Trinajstić information content (AvgIpc) is 2.35. The summed E-state index contributed by atoms with van der Waals surface area (Å²) < 4.78 is 6.36. The predicted octanol–water partition coefficient (Wildman–Crippen LogP) is 2.45. The third-order valence-corrected chi connectivity index (χ3v) is 4.28. The summed E-state index contributed by atoms with van der Waals surface area (Å²) in [5, 5.41) is 13.0. The third-order valence-electron chi connectivity index (χ3n) is 3.78. The second-order valence-electron chi connectivity index (χ2n) is 4.83. The van der Waals surface area contributed by atoms with Crippen LogP contribution in [-0.2, 0) is 9.53 Å². The van der Waals surface area contributed by atoms with Crippen LogP contribution in [-0.4, -0.2) is 30.3 Å². The number of ether oxygens (including phenoxy) is 1. The van der Waals surface area contributed by atoms with Crippen molar-refractivity contribution >= 4 is 27.6 Å². The Balaban J connectivity index is 2.07. The molecule has 2 heterocycles. The number of carboxylic acid groups (broad SMARTS) is 1. The van der Waals surface area contributed by atoms with Gasteiger partial charge in [-0.25, -0.2) is 0 Å².